The maximum Gasteiger partial charge on any atom is 0.221 e. The van der Waals surface area contributed by atoms with E-state index in [1.54, 1.807) is 6.92 Å². The van der Waals surface area contributed by atoms with Gasteiger partial charge in [0.1, 0.15) is 6.54 Å². The highest BCUT2D eigenvalue weighted by Crippen LogP contribution is 2.27. The number of hydrogen-bond acceptors (Lipinski definition) is 2. The minimum atomic E-state index is 0.0589. The fourth-order valence-corrected chi connectivity index (χ4v) is 5.46. The quantitative estimate of drug-likeness (QED) is 0.0952. The average Bonchev–Trinajstić information content (AvgIpc) is 3.24. The predicted octanol–water partition coefficient (Wildman–Crippen LogP) is 8.31. The number of unbranched alkanes of at least 4 members (excludes halogenated alkanes) is 15. The van der Waals surface area contributed by atoms with E-state index in [9.17, 15) is 4.79 Å². The molecular formula is C30H58N3O+. The first-order valence-corrected chi connectivity index (χ1v) is 14.9. The lowest BCUT2D eigenvalue weighted by atomic mass is 10.0. The molecule has 4 nitrogen and oxygen atoms in total. The Morgan fingerprint density at radius 1 is 0.882 bits per heavy atom. The molecule has 0 bridgehead atoms. The molecule has 0 aromatic carbocycles. The summed E-state index contributed by atoms with van der Waals surface area (Å²) >= 11 is 0. The Labute approximate surface area is 212 Å². The van der Waals surface area contributed by atoms with Crippen LogP contribution in [0.4, 0.5) is 0 Å². The van der Waals surface area contributed by atoms with Gasteiger partial charge in [-0.2, -0.15) is 0 Å². The molecule has 1 aliphatic rings. The van der Waals surface area contributed by atoms with Gasteiger partial charge in [0, 0.05) is 20.3 Å². The van der Waals surface area contributed by atoms with Gasteiger partial charge in [-0.25, -0.2) is 4.99 Å². The van der Waals surface area contributed by atoms with Crippen LogP contribution in [0.15, 0.2) is 17.1 Å². The van der Waals surface area contributed by atoms with Crippen molar-refractivity contribution in [1.29, 1.82) is 0 Å². The lowest BCUT2D eigenvalue weighted by molar-refractivity contribution is -0.959. The third-order valence-electron chi connectivity index (χ3n) is 7.79. The predicted molar refractivity (Wildman–Crippen MR) is 149 cm³/mol. The van der Waals surface area contributed by atoms with E-state index in [0.29, 0.717) is 6.17 Å². The number of carbonyl (C=O) groups is 1. The van der Waals surface area contributed by atoms with E-state index in [0.717, 1.165) is 24.0 Å². The van der Waals surface area contributed by atoms with E-state index in [2.05, 4.69) is 44.5 Å². The van der Waals surface area contributed by atoms with Gasteiger partial charge in [-0.1, -0.05) is 96.1 Å². The van der Waals surface area contributed by atoms with Crippen molar-refractivity contribution in [3.05, 3.63) is 12.2 Å². The molecule has 34 heavy (non-hydrogen) atoms. The number of amides is 1. The summed E-state index contributed by atoms with van der Waals surface area (Å²) < 4.78 is 0.882. The van der Waals surface area contributed by atoms with Gasteiger partial charge < -0.3 is 5.32 Å². The molecule has 0 radical (unpaired) electrons. The molecule has 3 atom stereocenters. The minimum absolute atomic E-state index is 0.0589. The van der Waals surface area contributed by atoms with Crippen LogP contribution < -0.4 is 5.32 Å². The van der Waals surface area contributed by atoms with Gasteiger partial charge in [0.25, 0.3) is 0 Å². The fourth-order valence-electron chi connectivity index (χ4n) is 5.46. The van der Waals surface area contributed by atoms with Crippen molar-refractivity contribution < 1.29 is 9.28 Å². The van der Waals surface area contributed by atoms with Crippen LogP contribution in [0.1, 0.15) is 143 Å². The third-order valence-corrected chi connectivity index (χ3v) is 7.79. The number of nitrogens with one attached hydrogen (secondary N) is 1. The van der Waals surface area contributed by atoms with Crippen LogP contribution in [0, 0.1) is 0 Å². The summed E-state index contributed by atoms with van der Waals surface area (Å²) in [4.78, 5) is 16.3. The van der Waals surface area contributed by atoms with Crippen LogP contribution in [-0.4, -0.2) is 42.0 Å². The van der Waals surface area contributed by atoms with Gasteiger partial charge in [0.05, 0.1) is 12.8 Å². The van der Waals surface area contributed by atoms with Crippen molar-refractivity contribution in [3.63, 3.8) is 0 Å². The highest BCUT2D eigenvalue weighted by Gasteiger charge is 2.42. The second-order valence-electron chi connectivity index (χ2n) is 10.6. The maximum atomic E-state index is 11.6. The van der Waals surface area contributed by atoms with Crippen LogP contribution in [0.5, 0.6) is 0 Å². The van der Waals surface area contributed by atoms with E-state index in [1.165, 1.54) is 109 Å². The zero-order valence-electron chi connectivity index (χ0n) is 23.3. The SMILES string of the molecule is CCCCCCCCC/C=C/CCCCCCCCCCC1N=CC[N+]1(CC)C(C)NC(C)=O. The first kappa shape index (κ1) is 30.9. The van der Waals surface area contributed by atoms with Crippen molar-refractivity contribution in [2.24, 2.45) is 4.99 Å². The zero-order valence-corrected chi connectivity index (χ0v) is 23.3. The Bertz CT molecular complexity index is 559. The molecule has 0 fully saturated rings. The molecule has 1 amide bonds. The van der Waals surface area contributed by atoms with Crippen LogP contribution in [0.25, 0.3) is 0 Å². The number of carbonyl (C=O) groups excluding carboxylic acids is 1. The number of rotatable bonds is 22. The molecule has 0 aromatic heterocycles. The van der Waals surface area contributed by atoms with E-state index in [4.69, 9.17) is 4.99 Å². The molecule has 1 rings (SSSR count). The molecule has 0 aromatic rings. The number of allylic oxidation sites excluding steroid dienone is 2. The van der Waals surface area contributed by atoms with E-state index < -0.39 is 0 Å². The zero-order chi connectivity index (χ0) is 24.9. The first-order valence-electron chi connectivity index (χ1n) is 14.9. The highest BCUT2D eigenvalue weighted by molar-refractivity contribution is 5.73. The second kappa shape index (κ2) is 20.1. The summed E-state index contributed by atoms with van der Waals surface area (Å²) in [5.74, 6) is 0.0589. The number of quaternary nitrogens is 1. The number of nitrogens with zero attached hydrogens (tertiary/aromatic N) is 2. The third kappa shape index (κ3) is 13.1. The maximum absolute atomic E-state index is 11.6. The molecule has 198 valence electrons. The first-order chi connectivity index (χ1) is 16.6. The van der Waals surface area contributed by atoms with Crippen molar-refractivity contribution in [2.75, 3.05) is 13.1 Å². The topological polar surface area (TPSA) is 41.5 Å². The van der Waals surface area contributed by atoms with Crippen molar-refractivity contribution in [3.8, 4) is 0 Å². The number of aliphatic imine (C=N–C) groups is 1. The Hall–Kier alpha value is -1.16. The summed E-state index contributed by atoms with van der Waals surface area (Å²) in [6, 6.07) is 0. The van der Waals surface area contributed by atoms with Crippen molar-refractivity contribution >= 4 is 12.1 Å². The lowest BCUT2D eigenvalue weighted by Gasteiger charge is -2.42. The lowest BCUT2D eigenvalue weighted by Crippen LogP contribution is -2.63. The Kier molecular flexibility index (Phi) is 18.2. The average molecular weight is 477 g/mol. The second-order valence-corrected chi connectivity index (χ2v) is 10.6. The summed E-state index contributed by atoms with van der Waals surface area (Å²) in [6.07, 6.45) is 31.7. The van der Waals surface area contributed by atoms with E-state index in [-0.39, 0.29) is 12.1 Å². The number of hydrogen-bond donors (Lipinski definition) is 1. The fraction of sp³-hybridized carbons (Fsp3) is 0.867. The van der Waals surface area contributed by atoms with Gasteiger partial charge in [0.2, 0.25) is 5.91 Å². The van der Waals surface area contributed by atoms with Crippen LogP contribution in [0.2, 0.25) is 0 Å². The van der Waals surface area contributed by atoms with Gasteiger partial charge in [-0.05, 0) is 39.0 Å². The molecule has 0 spiro atoms. The molecular weight excluding hydrogens is 418 g/mol. The summed E-state index contributed by atoms with van der Waals surface area (Å²) in [5.41, 5.74) is 0. The normalized spacial score (nSPS) is 20.9. The molecule has 1 N–H and O–H groups in total. The van der Waals surface area contributed by atoms with E-state index >= 15 is 0 Å². The smallest absolute Gasteiger partial charge is 0.221 e. The Morgan fingerprint density at radius 2 is 1.38 bits per heavy atom. The Balaban J connectivity index is 1.96. The molecule has 3 unspecified atom stereocenters. The summed E-state index contributed by atoms with van der Waals surface area (Å²) in [5, 5.41) is 3.12. The molecule has 0 saturated carbocycles. The van der Waals surface area contributed by atoms with Crippen LogP contribution in [0.3, 0.4) is 0 Å². The van der Waals surface area contributed by atoms with Gasteiger partial charge in [-0.15, -0.1) is 0 Å². The van der Waals surface area contributed by atoms with Gasteiger partial charge in [-0.3, -0.25) is 9.28 Å². The summed E-state index contributed by atoms with van der Waals surface area (Å²) in [6.45, 7) is 10.2. The standard InChI is InChI=1S/C30H57N3O/c1-5-7-8-9-10-11-12-13-14-15-16-17-18-19-20-21-22-23-24-25-30-31-26-27-33(30,6-2)28(3)32-29(4)34/h14-15,26,28,30H,5-13,16-25,27H2,1-4H3/p+1/b15-14+. The largest absolute Gasteiger partial charge is 0.307 e. The van der Waals surface area contributed by atoms with E-state index in [1.807, 2.05) is 0 Å². The van der Waals surface area contributed by atoms with Crippen LogP contribution in [-0.2, 0) is 4.79 Å². The van der Waals surface area contributed by atoms with Crippen molar-refractivity contribution in [1.82, 2.24) is 5.32 Å². The molecule has 1 aliphatic heterocycles. The summed E-state index contributed by atoms with van der Waals surface area (Å²) in [7, 11) is 0. The van der Waals surface area contributed by atoms with Crippen molar-refractivity contribution in [2.45, 2.75) is 156 Å². The molecule has 1 heterocycles. The van der Waals surface area contributed by atoms with Crippen LogP contribution >= 0.6 is 0 Å². The molecule has 0 saturated heterocycles. The van der Waals surface area contributed by atoms with Gasteiger partial charge >= 0.3 is 0 Å². The van der Waals surface area contributed by atoms with Gasteiger partial charge in [0.15, 0.2) is 12.3 Å². The monoisotopic (exact) mass is 476 g/mol. The molecule has 0 aliphatic carbocycles. The highest BCUT2D eigenvalue weighted by atomic mass is 16.1. The molecule has 4 heteroatoms. The Morgan fingerprint density at radius 3 is 1.88 bits per heavy atom. The minimum Gasteiger partial charge on any atom is -0.307 e.